The van der Waals surface area contributed by atoms with Gasteiger partial charge in [0.05, 0.1) is 18.6 Å². The first-order chi connectivity index (χ1) is 16.5. The lowest BCUT2D eigenvalue weighted by molar-refractivity contribution is -0.162. The number of rotatable bonds is 11. The van der Waals surface area contributed by atoms with Crippen LogP contribution in [0.1, 0.15) is 82.6 Å². The zero-order chi connectivity index (χ0) is 29.4. The number of esters is 1. The van der Waals surface area contributed by atoms with Crippen LogP contribution in [0.3, 0.4) is 0 Å². The number of ether oxygens (including phenoxy) is 3. The highest BCUT2D eigenvalue weighted by Gasteiger charge is 2.34. The second kappa shape index (κ2) is 13.6. The van der Waals surface area contributed by atoms with Crippen molar-refractivity contribution >= 4 is 29.8 Å². The highest BCUT2D eigenvalue weighted by atomic mass is 16.6. The topological polar surface area (TPSA) is 169 Å². The minimum atomic E-state index is -1.51. The van der Waals surface area contributed by atoms with Gasteiger partial charge >= 0.3 is 18.0 Å². The molecule has 0 aliphatic heterocycles. The van der Waals surface area contributed by atoms with Crippen LogP contribution in [-0.2, 0) is 33.4 Å². The maximum Gasteiger partial charge on any atom is 0.408 e. The van der Waals surface area contributed by atoms with Crippen LogP contribution in [0.25, 0.3) is 0 Å². The summed E-state index contributed by atoms with van der Waals surface area (Å²) >= 11 is 0. The number of alkyl carbamates (subject to hydrolysis) is 1. The lowest BCUT2D eigenvalue weighted by Gasteiger charge is -2.30. The van der Waals surface area contributed by atoms with Gasteiger partial charge in [-0.3, -0.25) is 14.4 Å². The number of amides is 3. The van der Waals surface area contributed by atoms with Crippen LogP contribution in [0.2, 0.25) is 0 Å². The summed E-state index contributed by atoms with van der Waals surface area (Å²) in [5.41, 5.74) is -2.29. The predicted molar refractivity (Wildman–Crippen MR) is 136 cm³/mol. The van der Waals surface area contributed by atoms with Crippen LogP contribution >= 0.6 is 0 Å². The van der Waals surface area contributed by atoms with Gasteiger partial charge in [0.1, 0.15) is 23.3 Å². The molecule has 4 N–H and O–H groups in total. The molecule has 0 aromatic heterocycles. The molecule has 3 amide bonds. The van der Waals surface area contributed by atoms with E-state index in [0.29, 0.717) is 0 Å². The third-order valence-electron chi connectivity index (χ3n) is 4.32. The quantitative estimate of drug-likeness (QED) is 0.292. The van der Waals surface area contributed by atoms with E-state index >= 15 is 0 Å². The lowest BCUT2D eigenvalue weighted by Crippen LogP contribution is -2.59. The van der Waals surface area contributed by atoms with E-state index in [4.69, 9.17) is 14.2 Å². The fraction of sp³-hybridized carbons (Fsp3) is 0.800. The monoisotopic (exact) mass is 531 g/mol. The number of hydrogen-bond acceptors (Lipinski definition) is 8. The second-order valence-electron chi connectivity index (χ2n) is 12.0. The van der Waals surface area contributed by atoms with Crippen LogP contribution < -0.4 is 16.0 Å². The van der Waals surface area contributed by atoms with E-state index in [1.165, 1.54) is 0 Å². The molecule has 0 aliphatic carbocycles. The first-order valence-electron chi connectivity index (χ1n) is 12.2. The van der Waals surface area contributed by atoms with Crippen LogP contribution in [-0.4, -0.2) is 76.5 Å². The number of carbonyl (C=O) groups is 5. The van der Waals surface area contributed by atoms with Gasteiger partial charge in [-0.25, -0.2) is 9.59 Å². The molecule has 0 rings (SSSR count). The Labute approximate surface area is 219 Å². The highest BCUT2D eigenvalue weighted by Crippen LogP contribution is 2.13. The Morgan fingerprint density at radius 2 is 1.22 bits per heavy atom. The summed E-state index contributed by atoms with van der Waals surface area (Å²) in [6.45, 7) is 18.4. The Morgan fingerprint density at radius 3 is 1.62 bits per heavy atom. The van der Waals surface area contributed by atoms with E-state index < -0.39 is 77.1 Å². The third kappa shape index (κ3) is 15.7. The molecule has 0 bridgehead atoms. The Hall–Kier alpha value is -2.89. The van der Waals surface area contributed by atoms with Gasteiger partial charge in [-0.2, -0.15) is 0 Å². The number of carboxylic acids is 1. The molecule has 0 unspecified atom stereocenters. The fourth-order valence-corrected chi connectivity index (χ4v) is 2.76. The first-order valence-corrected chi connectivity index (χ1v) is 12.2. The van der Waals surface area contributed by atoms with Gasteiger partial charge in [0.2, 0.25) is 11.8 Å². The predicted octanol–water partition coefficient (Wildman–Crippen LogP) is 2.14. The van der Waals surface area contributed by atoms with Crippen molar-refractivity contribution in [1.29, 1.82) is 0 Å². The van der Waals surface area contributed by atoms with Gasteiger partial charge in [0, 0.05) is 0 Å². The SMILES string of the molecule is CC(C)[C@H](NC(=O)[C@H](CC(=O)O)NC(=O)OC(C)(C)C)C(=O)N[C@@H](COC(C)(C)C)C(=O)OC(C)(C)C. The molecule has 0 aliphatic rings. The van der Waals surface area contributed by atoms with Gasteiger partial charge in [-0.1, -0.05) is 13.8 Å². The molecular formula is C25H45N3O9. The Bertz CT molecular complexity index is 821. The maximum atomic E-state index is 13.2. The van der Waals surface area contributed by atoms with E-state index in [1.54, 1.807) is 76.2 Å². The van der Waals surface area contributed by atoms with Crippen molar-refractivity contribution in [3.05, 3.63) is 0 Å². The molecule has 3 atom stereocenters. The van der Waals surface area contributed by atoms with E-state index in [-0.39, 0.29) is 6.61 Å². The molecule has 12 nitrogen and oxygen atoms in total. The largest absolute Gasteiger partial charge is 0.481 e. The molecule has 214 valence electrons. The summed E-state index contributed by atoms with van der Waals surface area (Å²) in [4.78, 5) is 62.3. The third-order valence-corrected chi connectivity index (χ3v) is 4.32. The van der Waals surface area contributed by atoms with Crippen molar-refractivity contribution in [3.63, 3.8) is 0 Å². The zero-order valence-corrected chi connectivity index (χ0v) is 23.9. The van der Waals surface area contributed by atoms with Crippen molar-refractivity contribution in [2.75, 3.05) is 6.61 Å². The zero-order valence-electron chi connectivity index (χ0n) is 23.9. The van der Waals surface area contributed by atoms with Crippen molar-refractivity contribution in [2.45, 2.75) is 118 Å². The Kier molecular flexibility index (Phi) is 12.5. The van der Waals surface area contributed by atoms with Gasteiger partial charge < -0.3 is 35.3 Å². The smallest absolute Gasteiger partial charge is 0.408 e. The van der Waals surface area contributed by atoms with Gasteiger partial charge in [0.15, 0.2) is 6.04 Å². The number of aliphatic carboxylic acids is 1. The molecule has 0 saturated heterocycles. The summed E-state index contributed by atoms with van der Waals surface area (Å²) in [7, 11) is 0. The summed E-state index contributed by atoms with van der Waals surface area (Å²) in [5, 5.41) is 16.5. The number of carbonyl (C=O) groups excluding carboxylic acids is 4. The maximum absolute atomic E-state index is 13.2. The Balaban J connectivity index is 5.72. The molecule has 0 saturated carbocycles. The highest BCUT2D eigenvalue weighted by molar-refractivity contribution is 5.94. The standard InChI is InChI=1S/C25H45N3O9/c1-14(2)18(28-19(31)15(12-17(29)30)27-22(34)37-25(9,10)11)20(32)26-16(13-35-23(3,4)5)21(33)36-24(6,7)8/h14-16,18H,12-13H2,1-11H3,(H,26,32)(H,27,34)(H,28,31)(H,29,30)/t15-,16-,18-/m0/s1. The van der Waals surface area contributed by atoms with Crippen molar-refractivity contribution < 1.29 is 43.3 Å². The van der Waals surface area contributed by atoms with Crippen molar-refractivity contribution in [3.8, 4) is 0 Å². The van der Waals surface area contributed by atoms with Crippen LogP contribution in [0, 0.1) is 5.92 Å². The molecule has 0 fully saturated rings. The number of carboxylic acid groups (broad SMARTS) is 1. The number of nitrogens with one attached hydrogen (secondary N) is 3. The summed E-state index contributed by atoms with van der Waals surface area (Å²) in [5.74, 6) is -4.12. The Morgan fingerprint density at radius 1 is 0.703 bits per heavy atom. The van der Waals surface area contributed by atoms with E-state index in [2.05, 4.69) is 16.0 Å². The second-order valence-corrected chi connectivity index (χ2v) is 12.0. The van der Waals surface area contributed by atoms with E-state index in [1.807, 2.05) is 0 Å². The van der Waals surface area contributed by atoms with Crippen LogP contribution in [0.15, 0.2) is 0 Å². The summed E-state index contributed by atoms with van der Waals surface area (Å²) < 4.78 is 16.2. The van der Waals surface area contributed by atoms with Gasteiger partial charge in [-0.15, -0.1) is 0 Å². The normalized spacial score (nSPS) is 14.7. The molecule has 0 spiro atoms. The van der Waals surface area contributed by atoms with Crippen molar-refractivity contribution in [2.24, 2.45) is 5.92 Å². The van der Waals surface area contributed by atoms with E-state index in [0.717, 1.165) is 0 Å². The number of hydrogen-bond donors (Lipinski definition) is 4. The molecule has 12 heteroatoms. The molecule has 0 aromatic carbocycles. The van der Waals surface area contributed by atoms with Gasteiger partial charge in [-0.05, 0) is 68.2 Å². The molecular weight excluding hydrogens is 486 g/mol. The van der Waals surface area contributed by atoms with Crippen molar-refractivity contribution in [1.82, 2.24) is 16.0 Å². The van der Waals surface area contributed by atoms with Crippen LogP contribution in [0.5, 0.6) is 0 Å². The molecule has 0 heterocycles. The minimum absolute atomic E-state index is 0.176. The summed E-state index contributed by atoms with van der Waals surface area (Å²) in [6, 6.07) is -3.84. The van der Waals surface area contributed by atoms with E-state index in [9.17, 15) is 29.1 Å². The lowest BCUT2D eigenvalue weighted by atomic mass is 10.0. The fourth-order valence-electron chi connectivity index (χ4n) is 2.76. The molecule has 0 radical (unpaired) electrons. The molecule has 37 heavy (non-hydrogen) atoms. The minimum Gasteiger partial charge on any atom is -0.481 e. The summed E-state index contributed by atoms with van der Waals surface area (Å²) in [6.07, 6.45) is -1.72. The molecule has 0 aromatic rings. The first kappa shape index (κ1) is 34.1. The average Bonchev–Trinajstić information content (AvgIpc) is 2.64. The average molecular weight is 532 g/mol. The van der Waals surface area contributed by atoms with Gasteiger partial charge in [0.25, 0.3) is 0 Å². The van der Waals surface area contributed by atoms with Crippen LogP contribution in [0.4, 0.5) is 4.79 Å².